The fraction of sp³-hybridized carbons (Fsp3) is 0.357. The van der Waals surface area contributed by atoms with E-state index in [1.165, 1.54) is 12.1 Å². The number of hydrogen-bond donors (Lipinski definition) is 3. The van der Waals surface area contributed by atoms with Crippen LogP contribution in [0.4, 0.5) is 10.5 Å². The first-order valence-corrected chi connectivity index (χ1v) is 6.76. The predicted octanol–water partition coefficient (Wildman–Crippen LogP) is 2.83. The van der Waals surface area contributed by atoms with Crippen molar-refractivity contribution in [3.05, 3.63) is 28.8 Å². The van der Waals surface area contributed by atoms with Crippen LogP contribution in [0.5, 0.6) is 0 Å². The third-order valence-electron chi connectivity index (χ3n) is 2.81. The van der Waals surface area contributed by atoms with Crippen LogP contribution in [0.25, 0.3) is 0 Å². The molecule has 6 nitrogen and oxygen atoms in total. The number of nitriles is 1. The number of carbonyl (C=O) groups is 2. The SMILES string of the molecule is CC(CCC(=O)O)CNC(=O)Nc1cc(C#N)ccc1Cl. The molecule has 0 aliphatic carbocycles. The number of hydrogen-bond acceptors (Lipinski definition) is 3. The monoisotopic (exact) mass is 309 g/mol. The van der Waals surface area contributed by atoms with E-state index in [1.807, 2.05) is 13.0 Å². The quantitative estimate of drug-likeness (QED) is 0.751. The number of nitrogens with zero attached hydrogens (tertiary/aromatic N) is 1. The number of aliphatic carboxylic acids is 1. The van der Waals surface area contributed by atoms with Crippen LogP contribution in [0, 0.1) is 17.2 Å². The minimum absolute atomic E-state index is 0.0489. The number of urea groups is 1. The van der Waals surface area contributed by atoms with Gasteiger partial charge in [-0.25, -0.2) is 4.79 Å². The summed E-state index contributed by atoms with van der Waals surface area (Å²) in [7, 11) is 0. The molecule has 0 radical (unpaired) electrons. The summed E-state index contributed by atoms with van der Waals surface area (Å²) in [6.07, 6.45) is 0.556. The van der Waals surface area contributed by atoms with Crippen molar-refractivity contribution in [2.45, 2.75) is 19.8 Å². The highest BCUT2D eigenvalue weighted by Gasteiger charge is 2.09. The molecule has 0 saturated heterocycles. The van der Waals surface area contributed by atoms with Crippen molar-refractivity contribution in [1.82, 2.24) is 5.32 Å². The Bertz CT molecular complexity index is 569. The van der Waals surface area contributed by atoms with Gasteiger partial charge in [0, 0.05) is 13.0 Å². The number of rotatable bonds is 6. The number of carboxylic acid groups (broad SMARTS) is 1. The molecule has 0 heterocycles. The molecule has 1 unspecified atom stereocenters. The molecule has 1 rings (SSSR count). The van der Waals surface area contributed by atoms with Crippen LogP contribution in [0.3, 0.4) is 0 Å². The zero-order valence-electron chi connectivity index (χ0n) is 11.5. The summed E-state index contributed by atoms with van der Waals surface area (Å²) in [6, 6.07) is 6.08. The van der Waals surface area contributed by atoms with Gasteiger partial charge in [-0.15, -0.1) is 0 Å². The van der Waals surface area contributed by atoms with Crippen LogP contribution < -0.4 is 10.6 Å². The zero-order chi connectivity index (χ0) is 15.8. The van der Waals surface area contributed by atoms with Gasteiger partial charge in [-0.2, -0.15) is 5.26 Å². The van der Waals surface area contributed by atoms with E-state index in [0.717, 1.165) is 0 Å². The van der Waals surface area contributed by atoms with Gasteiger partial charge in [-0.3, -0.25) is 4.79 Å². The summed E-state index contributed by atoms with van der Waals surface area (Å²) in [5.41, 5.74) is 0.746. The van der Waals surface area contributed by atoms with E-state index >= 15 is 0 Å². The van der Waals surface area contributed by atoms with Gasteiger partial charge in [0.2, 0.25) is 0 Å². The molecule has 7 heteroatoms. The van der Waals surface area contributed by atoms with Gasteiger partial charge in [0.05, 0.1) is 22.3 Å². The summed E-state index contributed by atoms with van der Waals surface area (Å²) in [4.78, 5) is 22.2. The van der Waals surface area contributed by atoms with E-state index in [0.29, 0.717) is 29.2 Å². The minimum Gasteiger partial charge on any atom is -0.481 e. The van der Waals surface area contributed by atoms with Crippen LogP contribution in [0.2, 0.25) is 5.02 Å². The molecule has 0 aliphatic heterocycles. The molecule has 0 aliphatic rings. The van der Waals surface area contributed by atoms with E-state index in [9.17, 15) is 9.59 Å². The lowest BCUT2D eigenvalue weighted by molar-refractivity contribution is -0.137. The molecule has 0 bridgehead atoms. The molecule has 1 aromatic rings. The number of amides is 2. The second kappa shape index (κ2) is 8.12. The Labute approximate surface area is 127 Å². The fourth-order valence-electron chi connectivity index (χ4n) is 1.60. The van der Waals surface area contributed by atoms with Gasteiger partial charge < -0.3 is 15.7 Å². The number of carbonyl (C=O) groups excluding carboxylic acids is 1. The number of halogens is 1. The van der Waals surface area contributed by atoms with Crippen LogP contribution in [0.15, 0.2) is 18.2 Å². The molecule has 112 valence electrons. The number of nitrogens with one attached hydrogen (secondary N) is 2. The van der Waals surface area contributed by atoms with Gasteiger partial charge in [-0.05, 0) is 30.5 Å². The standard InChI is InChI=1S/C14H16ClN3O3/c1-9(2-5-13(19)20)8-17-14(21)18-12-6-10(7-16)3-4-11(12)15/h3-4,6,9H,2,5,8H2,1H3,(H,19,20)(H2,17,18,21). The Kier molecular flexibility index (Phi) is 6.50. The Morgan fingerprint density at radius 2 is 2.19 bits per heavy atom. The highest BCUT2D eigenvalue weighted by atomic mass is 35.5. The predicted molar refractivity (Wildman–Crippen MR) is 79.2 cm³/mol. The maximum absolute atomic E-state index is 11.7. The highest BCUT2D eigenvalue weighted by Crippen LogP contribution is 2.22. The van der Waals surface area contributed by atoms with Gasteiger partial charge in [0.15, 0.2) is 0 Å². The smallest absolute Gasteiger partial charge is 0.319 e. The van der Waals surface area contributed by atoms with Crippen molar-refractivity contribution >= 4 is 29.3 Å². The molecule has 1 aromatic carbocycles. The molecular weight excluding hydrogens is 294 g/mol. The first-order valence-electron chi connectivity index (χ1n) is 6.38. The molecule has 21 heavy (non-hydrogen) atoms. The third-order valence-corrected chi connectivity index (χ3v) is 3.14. The van der Waals surface area contributed by atoms with Crippen molar-refractivity contribution in [1.29, 1.82) is 5.26 Å². The summed E-state index contributed by atoms with van der Waals surface area (Å²) in [5, 5.41) is 22.9. The summed E-state index contributed by atoms with van der Waals surface area (Å²) < 4.78 is 0. The number of anilines is 1. The minimum atomic E-state index is -0.855. The third kappa shape index (κ3) is 6.15. The van der Waals surface area contributed by atoms with Crippen molar-refractivity contribution in [3.8, 4) is 6.07 Å². The van der Waals surface area contributed by atoms with Gasteiger partial charge in [0.1, 0.15) is 0 Å². The maximum Gasteiger partial charge on any atom is 0.319 e. The van der Waals surface area contributed by atoms with E-state index in [2.05, 4.69) is 10.6 Å². The van der Waals surface area contributed by atoms with E-state index in [1.54, 1.807) is 6.07 Å². The molecule has 1 atom stereocenters. The van der Waals surface area contributed by atoms with E-state index in [-0.39, 0.29) is 12.3 Å². The molecule has 0 spiro atoms. The van der Waals surface area contributed by atoms with Crippen molar-refractivity contribution in [2.24, 2.45) is 5.92 Å². The second-order valence-electron chi connectivity index (χ2n) is 4.68. The second-order valence-corrected chi connectivity index (χ2v) is 5.09. The average Bonchev–Trinajstić information content (AvgIpc) is 2.45. The maximum atomic E-state index is 11.7. The van der Waals surface area contributed by atoms with Gasteiger partial charge in [-0.1, -0.05) is 18.5 Å². The lowest BCUT2D eigenvalue weighted by atomic mass is 10.1. The topological polar surface area (TPSA) is 102 Å². The number of benzene rings is 1. The molecule has 3 N–H and O–H groups in total. The van der Waals surface area contributed by atoms with Crippen LogP contribution in [-0.4, -0.2) is 23.7 Å². The lowest BCUT2D eigenvalue weighted by Crippen LogP contribution is -2.32. The van der Waals surface area contributed by atoms with Crippen LogP contribution >= 0.6 is 11.6 Å². The molecular formula is C14H16ClN3O3. The lowest BCUT2D eigenvalue weighted by Gasteiger charge is -2.13. The Hall–Kier alpha value is -2.26. The van der Waals surface area contributed by atoms with Gasteiger partial charge >= 0.3 is 12.0 Å². The first kappa shape index (κ1) is 16.8. The average molecular weight is 310 g/mol. The largest absolute Gasteiger partial charge is 0.481 e. The van der Waals surface area contributed by atoms with Crippen molar-refractivity contribution < 1.29 is 14.7 Å². The van der Waals surface area contributed by atoms with Gasteiger partial charge in [0.25, 0.3) is 0 Å². The summed E-state index contributed by atoms with van der Waals surface area (Å²) in [6.45, 7) is 2.21. The summed E-state index contributed by atoms with van der Waals surface area (Å²) in [5.74, 6) is -0.806. The first-order chi connectivity index (χ1) is 9.92. The molecule has 2 amide bonds. The van der Waals surface area contributed by atoms with Crippen molar-refractivity contribution in [2.75, 3.05) is 11.9 Å². The fourth-order valence-corrected chi connectivity index (χ4v) is 1.76. The van der Waals surface area contributed by atoms with E-state index in [4.69, 9.17) is 22.0 Å². The van der Waals surface area contributed by atoms with E-state index < -0.39 is 12.0 Å². The molecule has 0 aromatic heterocycles. The molecule has 0 saturated carbocycles. The summed E-state index contributed by atoms with van der Waals surface area (Å²) >= 11 is 5.93. The Morgan fingerprint density at radius 1 is 1.48 bits per heavy atom. The number of carboxylic acids is 1. The van der Waals surface area contributed by atoms with Crippen molar-refractivity contribution in [3.63, 3.8) is 0 Å². The Balaban J connectivity index is 2.47. The highest BCUT2D eigenvalue weighted by molar-refractivity contribution is 6.33. The zero-order valence-corrected chi connectivity index (χ0v) is 12.3. The molecule has 0 fully saturated rings. The van der Waals surface area contributed by atoms with Crippen LogP contribution in [-0.2, 0) is 4.79 Å². The Morgan fingerprint density at radius 3 is 2.81 bits per heavy atom. The van der Waals surface area contributed by atoms with Crippen LogP contribution in [0.1, 0.15) is 25.3 Å². The normalized spacial score (nSPS) is 11.3.